The first-order valence-corrected chi connectivity index (χ1v) is 21.9. The quantitative estimate of drug-likeness (QED) is 0.0504. The molecule has 11 heteroatoms. The fourth-order valence-corrected chi connectivity index (χ4v) is 9.75. The Balaban J connectivity index is 2.77. The molecule has 1 aliphatic heterocycles. The Morgan fingerprint density at radius 3 is 1.96 bits per heavy atom. The van der Waals surface area contributed by atoms with Gasteiger partial charge in [0.2, 0.25) is 0 Å². The van der Waals surface area contributed by atoms with Gasteiger partial charge in [-0.3, -0.25) is 14.4 Å². The zero-order valence-corrected chi connectivity index (χ0v) is 33.5. The minimum absolute atomic E-state index is 0.0726. The molecular weight excluding hydrogens is 649 g/mol. The van der Waals surface area contributed by atoms with Crippen molar-refractivity contribution in [3.8, 4) is 0 Å². The van der Waals surface area contributed by atoms with Gasteiger partial charge in [0.15, 0.2) is 5.12 Å². The Hall–Kier alpha value is -0.983. The third-order valence-corrected chi connectivity index (χ3v) is 13.4. The predicted octanol–water partition coefficient (Wildman–Crippen LogP) is 8.38. The largest absolute Gasteiger partial charge is 0.501 e. The van der Waals surface area contributed by atoms with E-state index in [2.05, 4.69) is 20.8 Å². The number of carbonyl (C=O) groups excluding carboxylic acids is 3. The summed E-state index contributed by atoms with van der Waals surface area (Å²) in [6.07, 6.45) is 10.2. The number of thioether (sulfide) groups is 1. The first-order valence-electron chi connectivity index (χ1n) is 19.0. The first-order chi connectivity index (χ1) is 22.9. The zero-order chi connectivity index (χ0) is 36.0. The van der Waals surface area contributed by atoms with Gasteiger partial charge in [0.05, 0.1) is 24.5 Å². The maximum atomic E-state index is 12.8. The van der Waals surface area contributed by atoms with E-state index in [4.69, 9.17) is 22.8 Å². The number of hydrogen-bond acceptors (Lipinski definition) is 10. The molecule has 1 N–H and O–H groups in total. The molecule has 1 fully saturated rings. The Morgan fingerprint density at radius 2 is 1.40 bits per heavy atom. The molecule has 0 aromatic carbocycles. The average molecular weight is 719 g/mol. The summed E-state index contributed by atoms with van der Waals surface area (Å²) in [4.78, 5) is 38.2. The molecule has 1 heterocycles. The van der Waals surface area contributed by atoms with Crippen LogP contribution in [0.1, 0.15) is 139 Å². The number of aliphatic hydroxyl groups excluding tert-OH is 1. The minimum atomic E-state index is -3.06. The summed E-state index contributed by atoms with van der Waals surface area (Å²) in [5.74, 6) is 0.0812. The Bertz CT molecular complexity index is 896. The second-order valence-electron chi connectivity index (χ2n) is 14.2. The normalized spacial score (nSPS) is 22.8. The van der Waals surface area contributed by atoms with Crippen molar-refractivity contribution < 1.29 is 42.2 Å². The van der Waals surface area contributed by atoms with Gasteiger partial charge in [-0.25, -0.2) is 0 Å². The van der Waals surface area contributed by atoms with E-state index >= 15 is 0 Å². The molecule has 0 aliphatic carbocycles. The van der Waals surface area contributed by atoms with Crippen LogP contribution >= 0.6 is 11.8 Å². The van der Waals surface area contributed by atoms with E-state index in [-0.39, 0.29) is 53.9 Å². The summed E-state index contributed by atoms with van der Waals surface area (Å²) in [6, 6.07) is 0.602. The molecule has 0 aromatic heterocycles. The van der Waals surface area contributed by atoms with Crippen LogP contribution in [0.15, 0.2) is 0 Å². The van der Waals surface area contributed by atoms with Crippen molar-refractivity contribution in [1.29, 1.82) is 0 Å². The summed E-state index contributed by atoms with van der Waals surface area (Å²) in [6.45, 7) is 17.9. The van der Waals surface area contributed by atoms with Gasteiger partial charge in [0.1, 0.15) is 6.61 Å². The van der Waals surface area contributed by atoms with Crippen LogP contribution < -0.4 is 0 Å². The SMILES string of the molecule is CCCCC(CC)C(=O)OCC1(C)CO[Si](CCCSC(=O)C(CC)CCCC)(OCCC(C)COC(=O)C(CC)CC(O)CC)OC1. The lowest BCUT2D eigenvalue weighted by molar-refractivity contribution is -0.157. The lowest BCUT2D eigenvalue weighted by Gasteiger charge is -2.42. The van der Waals surface area contributed by atoms with E-state index in [1.54, 1.807) is 0 Å². The number of aliphatic hydroxyl groups is 1. The summed E-state index contributed by atoms with van der Waals surface area (Å²) >= 11 is 1.41. The van der Waals surface area contributed by atoms with Gasteiger partial charge in [-0.15, -0.1) is 0 Å². The van der Waals surface area contributed by atoms with Crippen LogP contribution in [0.5, 0.6) is 0 Å². The average Bonchev–Trinajstić information content (AvgIpc) is 3.09. The number of ether oxygens (including phenoxy) is 2. The lowest BCUT2D eigenvalue weighted by atomic mass is 9.94. The topological polar surface area (TPSA) is 118 Å². The van der Waals surface area contributed by atoms with Gasteiger partial charge in [-0.1, -0.05) is 92.8 Å². The summed E-state index contributed by atoms with van der Waals surface area (Å²) < 4.78 is 30.8. The lowest BCUT2D eigenvalue weighted by Crippen LogP contribution is -2.56. The monoisotopic (exact) mass is 718 g/mol. The molecule has 9 nitrogen and oxygen atoms in total. The number of hydrogen-bond donors (Lipinski definition) is 1. The van der Waals surface area contributed by atoms with E-state index in [0.29, 0.717) is 57.3 Å². The molecule has 1 saturated heterocycles. The van der Waals surface area contributed by atoms with Crippen molar-refractivity contribution in [2.24, 2.45) is 29.1 Å². The highest BCUT2D eigenvalue weighted by Crippen LogP contribution is 2.33. The van der Waals surface area contributed by atoms with Gasteiger partial charge in [-0.05, 0) is 63.7 Å². The zero-order valence-electron chi connectivity index (χ0n) is 31.7. The standard InChI is InChI=1S/C37H70O9SSi/c1-9-15-18-30(11-3)34(39)43-26-37(8)27-45-48(46-28-37,23-17-22-47-36(41)31(12-4)19-16-10-2)44-21-20-29(7)25-42-35(40)32(13-5)24-33(38)14-6/h29-33,38H,9-28H2,1-8H3. The highest BCUT2D eigenvalue weighted by molar-refractivity contribution is 8.13. The molecule has 0 aromatic rings. The Labute approximate surface area is 298 Å². The van der Waals surface area contributed by atoms with Crippen LogP contribution in [0.3, 0.4) is 0 Å². The number of carbonyl (C=O) groups is 3. The first kappa shape index (κ1) is 45.0. The third kappa shape index (κ3) is 17.3. The maximum absolute atomic E-state index is 12.8. The van der Waals surface area contributed by atoms with Gasteiger partial charge in [-0.2, -0.15) is 0 Å². The molecule has 1 aliphatic rings. The second kappa shape index (κ2) is 25.0. The van der Waals surface area contributed by atoms with Gasteiger partial charge in [0.25, 0.3) is 0 Å². The molecule has 5 unspecified atom stereocenters. The van der Waals surface area contributed by atoms with Crippen LogP contribution in [0.25, 0.3) is 0 Å². The molecule has 48 heavy (non-hydrogen) atoms. The molecule has 0 spiro atoms. The maximum Gasteiger partial charge on any atom is 0.501 e. The molecule has 1 rings (SSSR count). The molecule has 0 saturated carbocycles. The molecular formula is C37H70O9SSi. The number of rotatable bonds is 27. The van der Waals surface area contributed by atoms with Crippen molar-refractivity contribution in [3.63, 3.8) is 0 Å². The minimum Gasteiger partial charge on any atom is -0.465 e. The summed E-state index contributed by atoms with van der Waals surface area (Å²) in [5.41, 5.74) is -0.473. The van der Waals surface area contributed by atoms with Crippen LogP contribution in [-0.4, -0.2) is 75.9 Å². The summed E-state index contributed by atoms with van der Waals surface area (Å²) in [7, 11) is -3.06. The van der Waals surface area contributed by atoms with Crippen molar-refractivity contribution >= 4 is 37.6 Å². The van der Waals surface area contributed by atoms with E-state index in [0.717, 1.165) is 57.8 Å². The van der Waals surface area contributed by atoms with Crippen molar-refractivity contribution in [2.45, 2.75) is 151 Å². The molecule has 0 amide bonds. The van der Waals surface area contributed by atoms with Gasteiger partial charge >= 0.3 is 20.7 Å². The molecule has 5 atom stereocenters. The smallest absolute Gasteiger partial charge is 0.465 e. The number of unbranched alkanes of at least 4 members (excludes halogenated alkanes) is 2. The fourth-order valence-electron chi connectivity index (χ4n) is 5.62. The predicted molar refractivity (Wildman–Crippen MR) is 196 cm³/mol. The van der Waals surface area contributed by atoms with E-state index in [1.807, 2.05) is 34.6 Å². The van der Waals surface area contributed by atoms with E-state index in [1.165, 1.54) is 11.8 Å². The highest BCUT2D eigenvalue weighted by Gasteiger charge is 2.49. The van der Waals surface area contributed by atoms with Crippen molar-refractivity contribution in [2.75, 3.05) is 38.8 Å². The number of esters is 2. The fraction of sp³-hybridized carbons (Fsp3) is 0.919. The van der Waals surface area contributed by atoms with Crippen LogP contribution in [0.4, 0.5) is 0 Å². The molecule has 282 valence electrons. The Morgan fingerprint density at radius 1 is 0.812 bits per heavy atom. The Kier molecular flexibility index (Phi) is 23.5. The highest BCUT2D eigenvalue weighted by atomic mass is 32.2. The van der Waals surface area contributed by atoms with Crippen molar-refractivity contribution in [3.05, 3.63) is 0 Å². The van der Waals surface area contributed by atoms with Crippen LogP contribution in [0.2, 0.25) is 6.04 Å². The third-order valence-electron chi connectivity index (χ3n) is 9.48. The van der Waals surface area contributed by atoms with E-state index < -0.39 is 20.3 Å². The van der Waals surface area contributed by atoms with Gasteiger partial charge in [0, 0.05) is 43.0 Å². The van der Waals surface area contributed by atoms with Crippen molar-refractivity contribution in [1.82, 2.24) is 0 Å². The molecule has 0 bridgehead atoms. The van der Waals surface area contributed by atoms with Gasteiger partial charge < -0.3 is 27.9 Å². The second-order valence-corrected chi connectivity index (χ2v) is 18.1. The van der Waals surface area contributed by atoms with Crippen LogP contribution in [0, 0.1) is 29.1 Å². The van der Waals surface area contributed by atoms with Crippen LogP contribution in [-0.2, 0) is 37.1 Å². The summed E-state index contributed by atoms with van der Waals surface area (Å²) in [5, 5.41) is 10.3. The molecule has 0 radical (unpaired) electrons. The van der Waals surface area contributed by atoms with E-state index in [9.17, 15) is 19.5 Å².